The molecule has 1 atom stereocenters. The van der Waals surface area contributed by atoms with Gasteiger partial charge in [-0.1, -0.05) is 6.07 Å². The number of amides is 2. The van der Waals surface area contributed by atoms with Crippen molar-refractivity contribution in [2.75, 3.05) is 14.2 Å². The van der Waals surface area contributed by atoms with E-state index in [2.05, 4.69) is 4.74 Å². The second-order valence-electron chi connectivity index (χ2n) is 4.94. The van der Waals surface area contributed by atoms with Gasteiger partial charge in [0.05, 0.1) is 24.0 Å². The molecule has 0 radical (unpaired) electrons. The van der Waals surface area contributed by atoms with Crippen molar-refractivity contribution in [3.05, 3.63) is 38.8 Å². The molecule has 132 valence electrons. The zero-order valence-corrected chi connectivity index (χ0v) is 14.4. The fourth-order valence-electron chi connectivity index (χ4n) is 2.18. The topological polar surface area (TPSA) is 116 Å². The summed E-state index contributed by atoms with van der Waals surface area (Å²) >= 11 is 0.647. The van der Waals surface area contributed by atoms with Crippen LogP contribution in [-0.2, 0) is 14.3 Å². The fourth-order valence-corrected chi connectivity index (χ4v) is 3.09. The van der Waals surface area contributed by atoms with Crippen molar-refractivity contribution in [1.82, 2.24) is 4.90 Å². The summed E-state index contributed by atoms with van der Waals surface area (Å²) in [5.41, 5.74) is 0.0853. The number of thioether (sulfide) groups is 1. The summed E-state index contributed by atoms with van der Waals surface area (Å²) in [7, 11) is 2.46. The lowest BCUT2D eigenvalue weighted by molar-refractivity contribution is -0.385. The number of imide groups is 1. The molecule has 1 fully saturated rings. The molecule has 0 aliphatic carbocycles. The van der Waals surface area contributed by atoms with Gasteiger partial charge >= 0.3 is 11.7 Å². The van der Waals surface area contributed by atoms with Crippen molar-refractivity contribution in [3.8, 4) is 5.75 Å². The molecule has 1 aromatic carbocycles. The molecule has 1 heterocycles. The Hall–Kier alpha value is -2.88. The molecule has 1 aromatic rings. The Labute approximate surface area is 146 Å². The highest BCUT2D eigenvalue weighted by Gasteiger charge is 2.41. The standard InChI is InChI=1S/C15H14N2O7S/c1-8(14(19)24-3)16-13(18)12(25-15(16)20)7-9-4-5-11(23-2)10(6-9)17(21)22/h4-8H,1-3H3/b12-7+/t8-/m0/s1. The molecular formula is C15H14N2O7S. The molecule has 0 bridgehead atoms. The molecule has 0 N–H and O–H groups in total. The van der Waals surface area contributed by atoms with Crippen molar-refractivity contribution >= 4 is 40.6 Å². The maximum Gasteiger partial charge on any atom is 0.328 e. The summed E-state index contributed by atoms with van der Waals surface area (Å²) in [4.78, 5) is 47.2. The van der Waals surface area contributed by atoms with Crippen molar-refractivity contribution in [2.24, 2.45) is 0 Å². The normalized spacial score (nSPS) is 16.9. The number of ether oxygens (including phenoxy) is 2. The van der Waals surface area contributed by atoms with Gasteiger partial charge in [-0.05, 0) is 36.4 Å². The number of hydrogen-bond donors (Lipinski definition) is 0. The number of hydrogen-bond acceptors (Lipinski definition) is 8. The number of carbonyl (C=O) groups excluding carboxylic acids is 3. The first-order valence-corrected chi connectivity index (χ1v) is 7.79. The van der Waals surface area contributed by atoms with Crippen LogP contribution in [0.3, 0.4) is 0 Å². The van der Waals surface area contributed by atoms with Gasteiger partial charge in [0.25, 0.3) is 11.1 Å². The summed E-state index contributed by atoms with van der Waals surface area (Å²) in [6.45, 7) is 1.38. The fraction of sp³-hybridized carbons (Fsp3) is 0.267. The van der Waals surface area contributed by atoms with Gasteiger partial charge in [0.2, 0.25) is 0 Å². The Morgan fingerprint density at radius 2 is 2.04 bits per heavy atom. The summed E-state index contributed by atoms with van der Waals surface area (Å²) in [6, 6.07) is 3.08. The van der Waals surface area contributed by atoms with E-state index in [0.29, 0.717) is 17.3 Å². The Balaban J connectivity index is 2.35. The van der Waals surface area contributed by atoms with Gasteiger partial charge in [-0.2, -0.15) is 0 Å². The minimum Gasteiger partial charge on any atom is -0.490 e. The van der Waals surface area contributed by atoms with Gasteiger partial charge in [0.15, 0.2) is 5.75 Å². The van der Waals surface area contributed by atoms with Crippen LogP contribution in [0.2, 0.25) is 0 Å². The second kappa shape index (κ2) is 7.34. The van der Waals surface area contributed by atoms with Crippen LogP contribution in [-0.4, -0.2) is 47.2 Å². The number of benzene rings is 1. The highest BCUT2D eigenvalue weighted by Crippen LogP contribution is 2.35. The molecule has 0 aromatic heterocycles. The van der Waals surface area contributed by atoms with E-state index in [0.717, 1.165) is 12.0 Å². The van der Waals surface area contributed by atoms with Crippen molar-refractivity contribution in [1.29, 1.82) is 0 Å². The molecule has 1 aliphatic rings. The van der Waals surface area contributed by atoms with E-state index in [-0.39, 0.29) is 16.3 Å². The first kappa shape index (κ1) is 18.5. The van der Waals surface area contributed by atoms with E-state index < -0.39 is 28.1 Å². The predicted molar refractivity (Wildman–Crippen MR) is 88.9 cm³/mol. The summed E-state index contributed by atoms with van der Waals surface area (Å²) in [5, 5.41) is 10.4. The minimum atomic E-state index is -1.06. The Bertz CT molecular complexity index is 790. The second-order valence-corrected chi connectivity index (χ2v) is 5.93. The monoisotopic (exact) mass is 366 g/mol. The maximum absolute atomic E-state index is 12.4. The number of esters is 1. The molecule has 0 spiro atoms. The SMILES string of the molecule is COC(=O)[C@H](C)N1C(=O)S/C(=C/c2ccc(OC)c([N+](=O)[O-])c2)C1=O. The van der Waals surface area contributed by atoms with Gasteiger partial charge in [-0.15, -0.1) is 0 Å². The Morgan fingerprint density at radius 1 is 1.36 bits per heavy atom. The van der Waals surface area contributed by atoms with E-state index in [1.54, 1.807) is 0 Å². The van der Waals surface area contributed by atoms with E-state index in [1.165, 1.54) is 38.3 Å². The van der Waals surface area contributed by atoms with Crippen LogP contribution in [0.1, 0.15) is 12.5 Å². The quantitative estimate of drug-likeness (QED) is 0.337. The Morgan fingerprint density at radius 3 is 2.60 bits per heavy atom. The molecular weight excluding hydrogens is 352 g/mol. The van der Waals surface area contributed by atoms with Crippen LogP contribution in [0.15, 0.2) is 23.1 Å². The van der Waals surface area contributed by atoms with Crippen LogP contribution in [0.25, 0.3) is 6.08 Å². The van der Waals surface area contributed by atoms with E-state index in [9.17, 15) is 24.5 Å². The largest absolute Gasteiger partial charge is 0.490 e. The van der Waals surface area contributed by atoms with E-state index in [1.807, 2.05) is 0 Å². The number of methoxy groups -OCH3 is 2. The number of nitrogens with zero attached hydrogens (tertiary/aromatic N) is 2. The van der Waals surface area contributed by atoms with Gasteiger partial charge in [-0.25, -0.2) is 4.79 Å². The highest BCUT2D eigenvalue weighted by molar-refractivity contribution is 8.18. The molecule has 1 aliphatic heterocycles. The zero-order chi connectivity index (χ0) is 18.7. The Kier molecular flexibility index (Phi) is 5.42. The average molecular weight is 366 g/mol. The minimum absolute atomic E-state index is 0.0558. The molecule has 25 heavy (non-hydrogen) atoms. The first-order chi connectivity index (χ1) is 11.8. The van der Waals surface area contributed by atoms with E-state index in [4.69, 9.17) is 4.74 Å². The smallest absolute Gasteiger partial charge is 0.328 e. The van der Waals surface area contributed by atoms with Gasteiger partial charge in [0.1, 0.15) is 6.04 Å². The predicted octanol–water partition coefficient (Wildman–Crippen LogP) is 2.20. The third-order valence-corrected chi connectivity index (χ3v) is 4.33. The summed E-state index contributed by atoms with van der Waals surface area (Å²) in [5.74, 6) is -1.30. The van der Waals surface area contributed by atoms with Crippen LogP contribution in [0, 0.1) is 10.1 Å². The molecule has 0 unspecified atom stereocenters. The van der Waals surface area contributed by atoms with Crippen LogP contribution in [0.4, 0.5) is 10.5 Å². The maximum atomic E-state index is 12.4. The van der Waals surface area contributed by atoms with Gasteiger partial charge in [-0.3, -0.25) is 24.6 Å². The molecule has 1 saturated heterocycles. The summed E-state index contributed by atoms with van der Waals surface area (Å²) in [6.07, 6.45) is 1.35. The number of carbonyl (C=O) groups is 3. The lowest BCUT2D eigenvalue weighted by atomic mass is 10.1. The lowest BCUT2D eigenvalue weighted by Gasteiger charge is -2.18. The van der Waals surface area contributed by atoms with Crippen molar-refractivity contribution < 1.29 is 28.8 Å². The lowest BCUT2D eigenvalue weighted by Crippen LogP contribution is -2.42. The van der Waals surface area contributed by atoms with Crippen LogP contribution >= 0.6 is 11.8 Å². The number of nitro benzene ring substituents is 1. The molecule has 9 nitrogen and oxygen atoms in total. The van der Waals surface area contributed by atoms with Crippen LogP contribution < -0.4 is 4.74 Å². The molecule has 2 amide bonds. The third kappa shape index (κ3) is 3.63. The van der Waals surface area contributed by atoms with Crippen molar-refractivity contribution in [2.45, 2.75) is 13.0 Å². The van der Waals surface area contributed by atoms with Gasteiger partial charge < -0.3 is 9.47 Å². The van der Waals surface area contributed by atoms with Crippen LogP contribution in [0.5, 0.6) is 5.75 Å². The summed E-state index contributed by atoms with van der Waals surface area (Å²) < 4.78 is 9.45. The third-order valence-electron chi connectivity index (χ3n) is 3.45. The highest BCUT2D eigenvalue weighted by atomic mass is 32.2. The van der Waals surface area contributed by atoms with E-state index >= 15 is 0 Å². The zero-order valence-electron chi connectivity index (χ0n) is 13.5. The molecule has 2 rings (SSSR count). The number of nitro groups is 1. The average Bonchev–Trinajstić information content (AvgIpc) is 2.86. The number of rotatable bonds is 5. The first-order valence-electron chi connectivity index (χ1n) is 6.97. The van der Waals surface area contributed by atoms with Gasteiger partial charge in [0, 0.05) is 6.07 Å². The molecule has 10 heteroatoms. The molecule has 0 saturated carbocycles. The van der Waals surface area contributed by atoms with Crippen molar-refractivity contribution in [3.63, 3.8) is 0 Å².